The molecule has 0 spiro atoms. The van der Waals surface area contributed by atoms with Crippen LogP contribution in [0.5, 0.6) is 0 Å². The van der Waals surface area contributed by atoms with Crippen molar-refractivity contribution < 1.29 is 0 Å². The highest BCUT2D eigenvalue weighted by Crippen LogP contribution is 2.35. The van der Waals surface area contributed by atoms with Crippen molar-refractivity contribution in [2.45, 2.75) is 0 Å². The van der Waals surface area contributed by atoms with E-state index in [-0.39, 0.29) is 0 Å². The Balaban J connectivity index is 2.95. The van der Waals surface area contributed by atoms with Gasteiger partial charge in [-0.1, -0.05) is 34.8 Å². The monoisotopic (exact) mass is 309 g/mol. The summed E-state index contributed by atoms with van der Waals surface area (Å²) in [6.07, 6.45) is 1.56. The lowest BCUT2D eigenvalue weighted by molar-refractivity contribution is 1.40. The molecule has 0 amide bonds. The molecule has 5 heteroatoms. The van der Waals surface area contributed by atoms with Gasteiger partial charge in [-0.15, -0.1) is 0 Å². The summed E-state index contributed by atoms with van der Waals surface area (Å²) in [5.74, 6) is 0. The Bertz CT molecular complexity index is 513. The summed E-state index contributed by atoms with van der Waals surface area (Å²) in [7, 11) is 0. The van der Waals surface area contributed by atoms with E-state index < -0.39 is 0 Å². The molecule has 1 heterocycles. The van der Waals surface area contributed by atoms with E-state index in [4.69, 9.17) is 34.8 Å². The van der Waals surface area contributed by atoms with Crippen molar-refractivity contribution in [2.75, 3.05) is 0 Å². The number of hydrogen-bond acceptors (Lipinski definition) is 1. The van der Waals surface area contributed by atoms with Crippen LogP contribution < -0.4 is 0 Å². The minimum absolute atomic E-state index is 0.529. The quantitative estimate of drug-likeness (QED) is 0.670. The third-order valence-corrected chi connectivity index (χ3v) is 3.64. The molecule has 2 aromatic rings. The molecule has 1 nitrogen and oxygen atoms in total. The van der Waals surface area contributed by atoms with Crippen LogP contribution in [-0.2, 0) is 0 Å². The summed E-state index contributed by atoms with van der Waals surface area (Å²) in [5, 5.41) is 2.41. The van der Waals surface area contributed by atoms with Gasteiger partial charge in [-0.2, -0.15) is 0 Å². The average Bonchev–Trinajstić information content (AvgIpc) is 2.10. The maximum Gasteiger partial charge on any atom is 0.0744 e. The van der Waals surface area contributed by atoms with Gasteiger partial charge in [0, 0.05) is 21.1 Å². The normalized spacial score (nSPS) is 10.9. The molecule has 0 unspecified atom stereocenters. The lowest BCUT2D eigenvalue weighted by Gasteiger charge is -2.04. The molecule has 0 N–H and O–H groups in total. The number of fused-ring (bicyclic) bond motifs is 1. The van der Waals surface area contributed by atoms with E-state index >= 15 is 0 Å². The van der Waals surface area contributed by atoms with E-state index in [0.717, 1.165) is 15.4 Å². The van der Waals surface area contributed by atoms with Crippen molar-refractivity contribution in [1.29, 1.82) is 0 Å². The third-order valence-electron chi connectivity index (χ3n) is 1.78. The number of pyridine rings is 1. The molecule has 14 heavy (non-hydrogen) atoms. The molecule has 2 rings (SSSR count). The van der Waals surface area contributed by atoms with Gasteiger partial charge in [0.1, 0.15) is 0 Å². The molecular formula is C9H3BrCl3N. The first-order chi connectivity index (χ1) is 6.59. The minimum atomic E-state index is 0.529. The maximum atomic E-state index is 6.03. The lowest BCUT2D eigenvalue weighted by atomic mass is 10.2. The average molecular weight is 311 g/mol. The summed E-state index contributed by atoms with van der Waals surface area (Å²) in [6, 6.07) is 3.40. The van der Waals surface area contributed by atoms with Crippen LogP contribution in [0.2, 0.25) is 15.1 Å². The summed E-state index contributed by atoms with van der Waals surface area (Å²) >= 11 is 21.1. The Kier molecular flexibility index (Phi) is 2.89. The van der Waals surface area contributed by atoms with Gasteiger partial charge in [-0.25, -0.2) is 0 Å². The molecule has 0 aliphatic heterocycles. The summed E-state index contributed by atoms with van der Waals surface area (Å²) in [4.78, 5) is 4.13. The van der Waals surface area contributed by atoms with Gasteiger partial charge >= 0.3 is 0 Å². The van der Waals surface area contributed by atoms with Crippen LogP contribution in [0, 0.1) is 0 Å². The molecule has 0 saturated carbocycles. The Morgan fingerprint density at radius 2 is 1.79 bits per heavy atom. The summed E-state index contributed by atoms with van der Waals surface area (Å²) in [5.41, 5.74) is 0.721. The maximum absolute atomic E-state index is 6.03. The van der Waals surface area contributed by atoms with Gasteiger partial charge in [0.15, 0.2) is 0 Å². The summed E-state index contributed by atoms with van der Waals surface area (Å²) in [6.45, 7) is 0. The molecule has 0 fully saturated rings. The molecule has 0 atom stereocenters. The van der Waals surface area contributed by atoms with E-state index in [0.29, 0.717) is 15.1 Å². The van der Waals surface area contributed by atoms with E-state index in [1.807, 2.05) is 0 Å². The van der Waals surface area contributed by atoms with Crippen LogP contribution in [0.15, 0.2) is 22.8 Å². The molecule has 72 valence electrons. The van der Waals surface area contributed by atoms with E-state index in [1.54, 1.807) is 18.3 Å². The molecular weight excluding hydrogens is 308 g/mol. The van der Waals surface area contributed by atoms with E-state index in [1.165, 1.54) is 0 Å². The first-order valence-corrected chi connectivity index (χ1v) is 5.61. The van der Waals surface area contributed by atoms with Gasteiger partial charge in [0.05, 0.1) is 15.6 Å². The fourth-order valence-corrected chi connectivity index (χ4v) is 2.54. The van der Waals surface area contributed by atoms with Crippen molar-refractivity contribution >= 4 is 61.6 Å². The van der Waals surface area contributed by atoms with Crippen molar-refractivity contribution in [2.24, 2.45) is 0 Å². The zero-order valence-corrected chi connectivity index (χ0v) is 10.5. The fraction of sp³-hybridized carbons (Fsp3) is 0. The topological polar surface area (TPSA) is 12.9 Å². The van der Waals surface area contributed by atoms with Gasteiger partial charge < -0.3 is 0 Å². The van der Waals surface area contributed by atoms with Gasteiger partial charge in [0.25, 0.3) is 0 Å². The second kappa shape index (κ2) is 3.86. The molecule has 0 aliphatic rings. The predicted octanol–water partition coefficient (Wildman–Crippen LogP) is 4.96. The van der Waals surface area contributed by atoms with Crippen LogP contribution in [0.1, 0.15) is 0 Å². The Hall–Kier alpha value is -0.0200. The van der Waals surface area contributed by atoms with Crippen LogP contribution >= 0.6 is 50.7 Å². The highest BCUT2D eigenvalue weighted by Gasteiger charge is 2.09. The number of aromatic nitrogens is 1. The molecule has 0 aliphatic carbocycles. The Labute approximate surface area is 104 Å². The third kappa shape index (κ3) is 1.72. The van der Waals surface area contributed by atoms with Gasteiger partial charge in [0.2, 0.25) is 0 Å². The van der Waals surface area contributed by atoms with Crippen LogP contribution in [0.25, 0.3) is 10.9 Å². The number of nitrogens with zero attached hydrogens (tertiary/aromatic N) is 1. The summed E-state index contributed by atoms with van der Waals surface area (Å²) < 4.78 is 0.742. The molecule has 0 saturated heterocycles. The smallest absolute Gasteiger partial charge is 0.0744 e. The predicted molar refractivity (Wildman–Crippen MR) is 64.5 cm³/mol. The first-order valence-electron chi connectivity index (χ1n) is 3.68. The zero-order valence-electron chi connectivity index (χ0n) is 6.69. The second-order valence-corrected chi connectivity index (χ2v) is 4.75. The number of benzene rings is 1. The highest BCUT2D eigenvalue weighted by molar-refractivity contribution is 9.10. The molecule has 1 aromatic heterocycles. The molecule has 0 radical (unpaired) electrons. The van der Waals surface area contributed by atoms with Gasteiger partial charge in [-0.05, 0) is 28.1 Å². The second-order valence-electron chi connectivity index (χ2n) is 2.70. The fourth-order valence-electron chi connectivity index (χ4n) is 1.18. The Morgan fingerprint density at radius 1 is 1.07 bits per heavy atom. The molecule has 1 aromatic carbocycles. The Morgan fingerprint density at radius 3 is 2.50 bits per heavy atom. The van der Waals surface area contributed by atoms with Gasteiger partial charge in [-0.3, -0.25) is 4.98 Å². The lowest BCUT2D eigenvalue weighted by Crippen LogP contribution is -1.83. The van der Waals surface area contributed by atoms with Crippen molar-refractivity contribution in [3.05, 3.63) is 37.9 Å². The van der Waals surface area contributed by atoms with E-state index in [2.05, 4.69) is 20.9 Å². The minimum Gasteiger partial charge on any atom is -0.255 e. The van der Waals surface area contributed by atoms with Crippen molar-refractivity contribution in [3.8, 4) is 0 Å². The van der Waals surface area contributed by atoms with Crippen molar-refractivity contribution in [1.82, 2.24) is 4.98 Å². The number of halogens is 4. The van der Waals surface area contributed by atoms with Crippen molar-refractivity contribution in [3.63, 3.8) is 0 Å². The zero-order chi connectivity index (χ0) is 10.3. The number of rotatable bonds is 0. The standard InChI is InChI=1S/C9H3BrCl3N/c10-9-6(13)3-14-7-2-4(11)1-5(12)8(7)9/h1-3H. The molecule has 0 bridgehead atoms. The first kappa shape index (κ1) is 10.5. The van der Waals surface area contributed by atoms with Crippen LogP contribution in [-0.4, -0.2) is 4.98 Å². The SMILES string of the molecule is Clc1cc(Cl)c2c(Br)c(Cl)cnc2c1. The largest absolute Gasteiger partial charge is 0.255 e. The number of hydrogen-bond donors (Lipinski definition) is 0. The van der Waals surface area contributed by atoms with E-state index in [9.17, 15) is 0 Å². The highest BCUT2D eigenvalue weighted by atomic mass is 79.9. The van der Waals surface area contributed by atoms with Crippen LogP contribution in [0.3, 0.4) is 0 Å². The van der Waals surface area contributed by atoms with Crippen LogP contribution in [0.4, 0.5) is 0 Å².